The van der Waals surface area contributed by atoms with Gasteiger partial charge in [0, 0.05) is 0 Å². The van der Waals surface area contributed by atoms with E-state index < -0.39 is 0 Å². The number of benzene rings is 8. The van der Waals surface area contributed by atoms with E-state index in [1.165, 1.54) is 110 Å². The van der Waals surface area contributed by atoms with Gasteiger partial charge in [-0.3, -0.25) is 0 Å². The molecule has 0 spiro atoms. The highest BCUT2D eigenvalue weighted by atomic mass is 14.3. The van der Waals surface area contributed by atoms with Gasteiger partial charge in [0.15, 0.2) is 0 Å². The lowest BCUT2D eigenvalue weighted by molar-refractivity contribution is 0.568. The summed E-state index contributed by atoms with van der Waals surface area (Å²) in [5.74, 6) is 0. The molecule has 0 aliphatic heterocycles. The van der Waals surface area contributed by atoms with E-state index in [0.29, 0.717) is 0 Å². The average molecular weight is 729 g/mol. The van der Waals surface area contributed by atoms with Crippen LogP contribution >= 0.6 is 0 Å². The minimum Gasteiger partial charge on any atom is -0.0616 e. The van der Waals surface area contributed by atoms with Gasteiger partial charge >= 0.3 is 0 Å². The molecule has 1 aliphatic carbocycles. The average Bonchev–Trinajstić information content (AvgIpc) is 3.45. The van der Waals surface area contributed by atoms with Crippen LogP contribution in [0, 0.1) is 0 Å². The molecule has 280 valence electrons. The van der Waals surface area contributed by atoms with E-state index in [1.54, 1.807) is 0 Å². The first-order chi connectivity index (χ1) is 26.3. The summed E-state index contributed by atoms with van der Waals surface area (Å²) in [6.07, 6.45) is 0. The number of rotatable bonds is 2. The van der Waals surface area contributed by atoms with E-state index in [1.807, 2.05) is 0 Å². The van der Waals surface area contributed by atoms with Crippen molar-refractivity contribution in [3.05, 3.63) is 144 Å². The first-order valence-corrected chi connectivity index (χ1v) is 20.6. The Bertz CT molecular complexity index is 2850. The highest BCUT2D eigenvalue weighted by Gasteiger charge is 2.27. The number of hydrogen-bond donors (Lipinski definition) is 0. The third-order valence-electron chi connectivity index (χ3n) is 12.6. The van der Waals surface area contributed by atoms with Crippen LogP contribution in [0.3, 0.4) is 0 Å². The summed E-state index contributed by atoms with van der Waals surface area (Å²) in [4.78, 5) is 0. The second-order valence-corrected chi connectivity index (χ2v) is 20.7. The molecule has 0 radical (unpaired) electrons. The molecule has 8 aromatic rings. The molecule has 0 fully saturated rings. The molecule has 0 amide bonds. The van der Waals surface area contributed by atoms with Gasteiger partial charge in [-0.25, -0.2) is 0 Å². The summed E-state index contributed by atoms with van der Waals surface area (Å²) in [5, 5.41) is 10.5. The number of hydrogen-bond acceptors (Lipinski definition) is 0. The maximum absolute atomic E-state index is 2.54. The molecule has 0 bridgehead atoms. The van der Waals surface area contributed by atoms with Gasteiger partial charge in [0.2, 0.25) is 0 Å². The molecule has 0 aromatic heterocycles. The summed E-state index contributed by atoms with van der Waals surface area (Å²) in [6, 6.07) is 47.6. The predicted molar refractivity (Wildman–Crippen MR) is 247 cm³/mol. The minimum absolute atomic E-state index is 0.0102. The lowest BCUT2D eigenvalue weighted by atomic mass is 9.77. The third kappa shape index (κ3) is 5.87. The van der Waals surface area contributed by atoms with Crippen molar-refractivity contribution in [2.75, 3.05) is 0 Å². The number of fused-ring (bicyclic) bond motifs is 8. The van der Waals surface area contributed by atoms with Crippen molar-refractivity contribution >= 4 is 43.1 Å². The smallest absolute Gasteiger partial charge is 0.00264 e. The molecule has 1 aliphatic rings. The van der Waals surface area contributed by atoms with Gasteiger partial charge in [-0.15, -0.1) is 0 Å². The largest absolute Gasteiger partial charge is 0.0616 e. The Morgan fingerprint density at radius 2 is 0.625 bits per heavy atom. The Balaban J connectivity index is 1.45. The van der Waals surface area contributed by atoms with Gasteiger partial charge in [-0.2, -0.15) is 0 Å². The fourth-order valence-corrected chi connectivity index (χ4v) is 9.06. The van der Waals surface area contributed by atoms with Crippen molar-refractivity contribution in [2.45, 2.75) is 105 Å². The van der Waals surface area contributed by atoms with Crippen LogP contribution in [0.2, 0.25) is 0 Å². The van der Waals surface area contributed by atoms with Crippen molar-refractivity contribution < 1.29 is 0 Å². The highest BCUT2D eigenvalue weighted by molar-refractivity contribution is 6.27. The third-order valence-corrected chi connectivity index (χ3v) is 12.6. The van der Waals surface area contributed by atoms with Crippen LogP contribution in [0.15, 0.2) is 121 Å². The van der Waals surface area contributed by atoms with Crippen LogP contribution in [-0.2, 0) is 21.7 Å². The molecule has 0 nitrogen and oxygen atoms in total. The lowest BCUT2D eigenvalue weighted by Crippen LogP contribution is -2.16. The maximum Gasteiger partial charge on any atom is -0.00264 e. The van der Waals surface area contributed by atoms with Crippen LogP contribution in [0.25, 0.3) is 87.6 Å². The topological polar surface area (TPSA) is 0 Å². The van der Waals surface area contributed by atoms with Gasteiger partial charge in [-0.05, 0) is 156 Å². The molecule has 0 heteroatoms. The Labute approximate surface area is 334 Å². The first kappa shape index (κ1) is 36.4. The SMILES string of the molecule is CC(C)(C)c1cc(-c2cc3c4cc5c(cc4c(-c4cc(C(C)(C)C)cc(C(C)(C)C)c4)cc3c3ccccc23)-c2cccc3cccc-5c23)cc(C(C)(C)C)c1. The van der Waals surface area contributed by atoms with Gasteiger partial charge in [0.25, 0.3) is 0 Å². The van der Waals surface area contributed by atoms with Crippen LogP contribution in [0.5, 0.6) is 0 Å². The summed E-state index contributed by atoms with van der Waals surface area (Å²) in [7, 11) is 0. The summed E-state index contributed by atoms with van der Waals surface area (Å²) in [5.41, 5.74) is 16.1. The Kier molecular flexibility index (Phi) is 7.91. The molecule has 0 saturated heterocycles. The van der Waals surface area contributed by atoms with Crippen molar-refractivity contribution in [1.82, 2.24) is 0 Å². The van der Waals surface area contributed by atoms with Gasteiger partial charge < -0.3 is 0 Å². The molecular formula is C56H56. The predicted octanol–water partition coefficient (Wildman–Crippen LogP) is 16.5. The van der Waals surface area contributed by atoms with E-state index in [9.17, 15) is 0 Å². The van der Waals surface area contributed by atoms with Gasteiger partial charge in [0.05, 0.1) is 0 Å². The second kappa shape index (κ2) is 12.1. The monoisotopic (exact) mass is 728 g/mol. The molecule has 0 heterocycles. The lowest BCUT2D eigenvalue weighted by Gasteiger charge is -2.27. The van der Waals surface area contributed by atoms with Crippen LogP contribution in [-0.4, -0.2) is 0 Å². The molecule has 0 N–H and O–H groups in total. The summed E-state index contributed by atoms with van der Waals surface area (Å²) < 4.78 is 0. The molecule has 56 heavy (non-hydrogen) atoms. The molecule has 0 atom stereocenters. The zero-order valence-electron chi connectivity index (χ0n) is 35.5. The second-order valence-electron chi connectivity index (χ2n) is 20.7. The van der Waals surface area contributed by atoms with Gasteiger partial charge in [-0.1, -0.05) is 180 Å². The Morgan fingerprint density at radius 3 is 1.07 bits per heavy atom. The fraction of sp³-hybridized carbons (Fsp3) is 0.286. The van der Waals surface area contributed by atoms with E-state index in [4.69, 9.17) is 0 Å². The van der Waals surface area contributed by atoms with E-state index >= 15 is 0 Å². The van der Waals surface area contributed by atoms with Crippen molar-refractivity contribution in [3.8, 4) is 44.5 Å². The van der Waals surface area contributed by atoms with Crippen LogP contribution < -0.4 is 0 Å². The summed E-state index contributed by atoms with van der Waals surface area (Å²) in [6.45, 7) is 28.1. The van der Waals surface area contributed by atoms with E-state index in [0.717, 1.165) is 0 Å². The standard InChI is InChI=1S/C56H56/c1-53(2,3)36-23-34(24-37(27-36)54(4,5)6)44-29-50-46(41-20-14-13-19-40(41)44)30-45(35-25-38(55(7,8)9)28-39(26-35)56(10,11)12)49-31-47-42-21-15-17-33-18-16-22-43(52(33)42)48(47)32-51(49)50/h13-32H,1-12H3. The molecule has 0 unspecified atom stereocenters. The fourth-order valence-electron chi connectivity index (χ4n) is 9.06. The van der Waals surface area contributed by atoms with Gasteiger partial charge in [0.1, 0.15) is 0 Å². The molecule has 8 aromatic carbocycles. The molecule has 0 saturated carbocycles. The Hall–Kier alpha value is -5.20. The van der Waals surface area contributed by atoms with E-state index in [-0.39, 0.29) is 21.7 Å². The quantitative estimate of drug-likeness (QED) is 0.156. The minimum atomic E-state index is 0.0102. The normalized spacial score (nSPS) is 13.4. The zero-order chi connectivity index (χ0) is 39.7. The summed E-state index contributed by atoms with van der Waals surface area (Å²) >= 11 is 0. The van der Waals surface area contributed by atoms with Crippen LogP contribution in [0.4, 0.5) is 0 Å². The Morgan fingerprint density at radius 1 is 0.268 bits per heavy atom. The molecule has 9 rings (SSSR count). The van der Waals surface area contributed by atoms with Crippen molar-refractivity contribution in [1.29, 1.82) is 0 Å². The first-order valence-electron chi connectivity index (χ1n) is 20.6. The van der Waals surface area contributed by atoms with Crippen molar-refractivity contribution in [2.24, 2.45) is 0 Å². The highest BCUT2D eigenvalue weighted by Crippen LogP contribution is 2.52. The van der Waals surface area contributed by atoms with Crippen molar-refractivity contribution in [3.63, 3.8) is 0 Å². The molecular weight excluding hydrogens is 673 g/mol. The van der Waals surface area contributed by atoms with E-state index in [2.05, 4.69) is 204 Å². The zero-order valence-corrected chi connectivity index (χ0v) is 35.5. The van der Waals surface area contributed by atoms with Crippen LogP contribution in [0.1, 0.15) is 105 Å². The maximum atomic E-state index is 2.54.